The Balaban J connectivity index is 2.00. The molecule has 1 saturated carbocycles. The first kappa shape index (κ1) is 13.9. The Morgan fingerprint density at radius 3 is 2.28 bits per heavy atom. The fraction of sp³-hybridized carbons (Fsp3) is 0.933. The lowest BCUT2D eigenvalue weighted by molar-refractivity contribution is -0.153. The molecule has 0 aromatic carbocycles. The van der Waals surface area contributed by atoms with Crippen molar-refractivity contribution < 1.29 is 9.90 Å². The molecule has 104 valence electrons. The van der Waals surface area contributed by atoms with Gasteiger partial charge in [0.1, 0.15) is 0 Å². The summed E-state index contributed by atoms with van der Waals surface area (Å²) < 4.78 is 0. The van der Waals surface area contributed by atoms with Crippen molar-refractivity contribution in [3.8, 4) is 0 Å². The van der Waals surface area contributed by atoms with E-state index in [1.165, 1.54) is 19.3 Å². The van der Waals surface area contributed by atoms with Gasteiger partial charge in [-0.25, -0.2) is 0 Å². The summed E-state index contributed by atoms with van der Waals surface area (Å²) in [7, 11) is 0. The van der Waals surface area contributed by atoms with Crippen molar-refractivity contribution in [1.29, 1.82) is 0 Å². The van der Waals surface area contributed by atoms with Gasteiger partial charge in [0.2, 0.25) is 0 Å². The lowest BCUT2D eigenvalue weighted by Gasteiger charge is -2.44. The molecule has 18 heavy (non-hydrogen) atoms. The van der Waals surface area contributed by atoms with Gasteiger partial charge in [0.05, 0.1) is 5.41 Å². The Morgan fingerprint density at radius 2 is 1.89 bits per heavy atom. The zero-order valence-corrected chi connectivity index (χ0v) is 12.0. The van der Waals surface area contributed by atoms with E-state index in [1.54, 1.807) is 0 Å². The molecule has 0 aromatic heterocycles. The third-order valence-electron chi connectivity index (χ3n) is 5.53. The summed E-state index contributed by atoms with van der Waals surface area (Å²) in [6.45, 7) is 8.68. The second-order valence-electron chi connectivity index (χ2n) is 6.87. The standard InChI is InChI=1S/C15H27NO2/c1-4-15(13(17)18)8-10-16(11-9-15)12-6-5-7-14(12,2)3/h12H,4-11H2,1-3H3,(H,17,18). The number of aliphatic carboxylic acids is 1. The molecule has 0 aromatic rings. The fourth-order valence-corrected chi connectivity index (χ4v) is 3.97. The molecule has 1 saturated heterocycles. The van der Waals surface area contributed by atoms with Crippen LogP contribution in [-0.4, -0.2) is 35.1 Å². The van der Waals surface area contributed by atoms with Crippen molar-refractivity contribution >= 4 is 5.97 Å². The molecule has 1 atom stereocenters. The maximum absolute atomic E-state index is 11.4. The van der Waals surface area contributed by atoms with Crippen LogP contribution in [0.25, 0.3) is 0 Å². The lowest BCUT2D eigenvalue weighted by Crippen LogP contribution is -2.50. The summed E-state index contributed by atoms with van der Waals surface area (Å²) >= 11 is 0. The van der Waals surface area contributed by atoms with E-state index in [0.717, 1.165) is 32.4 Å². The van der Waals surface area contributed by atoms with E-state index in [-0.39, 0.29) is 0 Å². The molecular formula is C15H27NO2. The number of carboxylic acid groups (broad SMARTS) is 1. The van der Waals surface area contributed by atoms with Crippen molar-refractivity contribution in [3.63, 3.8) is 0 Å². The van der Waals surface area contributed by atoms with Gasteiger partial charge < -0.3 is 5.11 Å². The van der Waals surface area contributed by atoms with Crippen LogP contribution in [0.15, 0.2) is 0 Å². The van der Waals surface area contributed by atoms with Crippen molar-refractivity contribution in [2.75, 3.05) is 13.1 Å². The van der Waals surface area contributed by atoms with Gasteiger partial charge in [0.15, 0.2) is 0 Å². The topological polar surface area (TPSA) is 40.5 Å². The van der Waals surface area contributed by atoms with Crippen molar-refractivity contribution in [2.24, 2.45) is 10.8 Å². The van der Waals surface area contributed by atoms with Crippen LogP contribution in [-0.2, 0) is 4.79 Å². The average Bonchev–Trinajstić information content (AvgIpc) is 2.69. The highest BCUT2D eigenvalue weighted by Crippen LogP contribution is 2.44. The Hall–Kier alpha value is -0.570. The van der Waals surface area contributed by atoms with E-state index in [1.807, 2.05) is 6.92 Å². The van der Waals surface area contributed by atoms with Crippen LogP contribution in [0.3, 0.4) is 0 Å². The summed E-state index contributed by atoms with van der Waals surface area (Å²) in [4.78, 5) is 14.0. The number of carboxylic acids is 1. The number of rotatable bonds is 3. The third-order valence-corrected chi connectivity index (χ3v) is 5.53. The molecular weight excluding hydrogens is 226 g/mol. The van der Waals surface area contributed by atoms with E-state index < -0.39 is 11.4 Å². The van der Waals surface area contributed by atoms with Crippen LogP contribution in [0.4, 0.5) is 0 Å². The molecule has 2 aliphatic rings. The highest BCUT2D eigenvalue weighted by molar-refractivity contribution is 5.74. The van der Waals surface area contributed by atoms with Crippen LogP contribution in [0.5, 0.6) is 0 Å². The van der Waals surface area contributed by atoms with E-state index in [2.05, 4.69) is 18.7 Å². The predicted molar refractivity (Wildman–Crippen MR) is 72.6 cm³/mol. The fourth-order valence-electron chi connectivity index (χ4n) is 3.97. The quantitative estimate of drug-likeness (QED) is 0.840. The Labute approximate surface area is 111 Å². The summed E-state index contributed by atoms with van der Waals surface area (Å²) in [6.07, 6.45) is 6.35. The van der Waals surface area contributed by atoms with Crippen LogP contribution in [0, 0.1) is 10.8 Å². The lowest BCUT2D eigenvalue weighted by atomic mass is 9.75. The minimum absolute atomic E-state index is 0.412. The highest BCUT2D eigenvalue weighted by atomic mass is 16.4. The van der Waals surface area contributed by atoms with Crippen LogP contribution in [0.2, 0.25) is 0 Å². The SMILES string of the molecule is CCC1(C(=O)O)CCN(C2CCCC2(C)C)CC1. The van der Waals surface area contributed by atoms with Gasteiger partial charge in [-0.1, -0.05) is 27.2 Å². The van der Waals surface area contributed by atoms with E-state index in [4.69, 9.17) is 0 Å². The average molecular weight is 253 g/mol. The predicted octanol–water partition coefficient (Wildman–Crippen LogP) is 3.14. The molecule has 1 heterocycles. The van der Waals surface area contributed by atoms with Crippen LogP contribution < -0.4 is 0 Å². The molecule has 0 radical (unpaired) electrons. The maximum atomic E-state index is 11.4. The molecule has 2 rings (SSSR count). The molecule has 1 N–H and O–H groups in total. The second kappa shape index (κ2) is 4.84. The zero-order chi connectivity index (χ0) is 13.4. The van der Waals surface area contributed by atoms with Crippen molar-refractivity contribution in [1.82, 2.24) is 4.90 Å². The van der Waals surface area contributed by atoms with Gasteiger partial charge in [0, 0.05) is 6.04 Å². The van der Waals surface area contributed by atoms with E-state index in [0.29, 0.717) is 11.5 Å². The second-order valence-corrected chi connectivity index (χ2v) is 6.87. The molecule has 3 nitrogen and oxygen atoms in total. The van der Waals surface area contributed by atoms with Crippen LogP contribution in [0.1, 0.15) is 59.3 Å². The number of hydrogen-bond acceptors (Lipinski definition) is 2. The number of piperidine rings is 1. The van der Waals surface area contributed by atoms with Gasteiger partial charge in [0.25, 0.3) is 0 Å². The Morgan fingerprint density at radius 1 is 1.28 bits per heavy atom. The minimum Gasteiger partial charge on any atom is -0.481 e. The zero-order valence-electron chi connectivity index (χ0n) is 12.0. The van der Waals surface area contributed by atoms with Crippen LogP contribution >= 0.6 is 0 Å². The highest BCUT2D eigenvalue weighted by Gasteiger charge is 2.44. The normalized spacial score (nSPS) is 31.4. The van der Waals surface area contributed by atoms with Gasteiger partial charge in [-0.05, 0) is 50.6 Å². The monoisotopic (exact) mass is 253 g/mol. The summed E-state index contributed by atoms with van der Waals surface area (Å²) in [6, 6.07) is 0.668. The molecule has 1 aliphatic heterocycles. The maximum Gasteiger partial charge on any atom is 0.309 e. The van der Waals surface area contributed by atoms with Gasteiger partial charge in [-0.3, -0.25) is 9.69 Å². The minimum atomic E-state index is -0.588. The van der Waals surface area contributed by atoms with Gasteiger partial charge in [-0.2, -0.15) is 0 Å². The summed E-state index contributed by atoms with van der Waals surface area (Å²) in [5.41, 5.74) is -0.0331. The Bertz CT molecular complexity index is 316. The number of hydrogen-bond donors (Lipinski definition) is 1. The van der Waals surface area contributed by atoms with Gasteiger partial charge in [-0.15, -0.1) is 0 Å². The molecule has 2 fully saturated rings. The molecule has 0 spiro atoms. The largest absolute Gasteiger partial charge is 0.481 e. The first-order valence-corrected chi connectivity index (χ1v) is 7.39. The number of carbonyl (C=O) groups is 1. The Kier molecular flexibility index (Phi) is 3.72. The summed E-state index contributed by atoms with van der Waals surface area (Å²) in [5, 5.41) is 9.42. The van der Waals surface area contributed by atoms with E-state index in [9.17, 15) is 9.90 Å². The van der Waals surface area contributed by atoms with Crippen molar-refractivity contribution in [2.45, 2.75) is 65.3 Å². The molecule has 1 unspecified atom stereocenters. The molecule has 0 amide bonds. The van der Waals surface area contributed by atoms with Crippen molar-refractivity contribution in [3.05, 3.63) is 0 Å². The summed E-state index contributed by atoms with van der Waals surface area (Å²) in [5.74, 6) is -0.588. The number of nitrogens with zero attached hydrogens (tertiary/aromatic N) is 1. The number of likely N-dealkylation sites (tertiary alicyclic amines) is 1. The van der Waals surface area contributed by atoms with Gasteiger partial charge >= 0.3 is 5.97 Å². The molecule has 3 heteroatoms. The first-order valence-electron chi connectivity index (χ1n) is 7.39. The molecule has 0 bridgehead atoms. The molecule has 1 aliphatic carbocycles. The first-order chi connectivity index (χ1) is 8.41. The smallest absolute Gasteiger partial charge is 0.309 e. The van der Waals surface area contributed by atoms with E-state index >= 15 is 0 Å². The third kappa shape index (κ3) is 2.29.